The summed E-state index contributed by atoms with van der Waals surface area (Å²) < 4.78 is 11.2. The van der Waals surface area contributed by atoms with Crippen LogP contribution in [0.1, 0.15) is 40.4 Å². The molecule has 0 unspecified atom stereocenters. The Labute approximate surface area is 259 Å². The van der Waals surface area contributed by atoms with Crippen molar-refractivity contribution in [2.75, 3.05) is 29.5 Å². The summed E-state index contributed by atoms with van der Waals surface area (Å²) in [7, 11) is 0. The minimum absolute atomic E-state index is 0.0624. The minimum Gasteiger partial charge on any atom is -0.507 e. The fourth-order valence-corrected chi connectivity index (χ4v) is 5.46. The maximum Gasteiger partial charge on any atom is 0.311 e. The molecule has 0 spiro atoms. The molecule has 2 heterocycles. The average molecular weight is 615 g/mol. The highest BCUT2D eigenvalue weighted by Gasteiger charge is 2.44. The Morgan fingerprint density at radius 2 is 1.64 bits per heavy atom. The minimum atomic E-state index is -1.45. The summed E-state index contributed by atoms with van der Waals surface area (Å²) in [5, 5.41) is 15.6. The van der Waals surface area contributed by atoms with Gasteiger partial charge in [0.25, 0.3) is 11.8 Å². The van der Waals surface area contributed by atoms with Gasteiger partial charge in [-0.1, -0.05) is 42.5 Å². The maximum absolute atomic E-state index is 14.1. The lowest BCUT2D eigenvalue weighted by Crippen LogP contribution is -2.57. The number of esters is 1. The summed E-state index contributed by atoms with van der Waals surface area (Å²) >= 11 is 0. The first kappa shape index (κ1) is 31.2. The zero-order valence-corrected chi connectivity index (χ0v) is 25.2. The molecule has 3 N–H and O–H groups in total. The molecule has 2 aliphatic rings. The number of rotatable bonds is 8. The van der Waals surface area contributed by atoms with Crippen LogP contribution in [-0.4, -0.2) is 66.2 Å². The third kappa shape index (κ3) is 6.80. The Kier molecular flexibility index (Phi) is 8.87. The van der Waals surface area contributed by atoms with Crippen LogP contribution in [0.15, 0.2) is 66.7 Å². The number of anilines is 2. The van der Waals surface area contributed by atoms with Crippen LogP contribution in [0.5, 0.6) is 5.75 Å². The molecule has 0 bridgehead atoms. The van der Waals surface area contributed by atoms with Gasteiger partial charge in [-0.05, 0) is 54.8 Å². The Balaban J connectivity index is 1.42. The van der Waals surface area contributed by atoms with E-state index in [-0.39, 0.29) is 43.4 Å². The molecular weight excluding hydrogens is 580 g/mol. The average Bonchev–Trinajstić information content (AvgIpc) is 3.34. The van der Waals surface area contributed by atoms with Crippen LogP contribution in [0.4, 0.5) is 11.4 Å². The highest BCUT2D eigenvalue weighted by Crippen LogP contribution is 2.33. The summed E-state index contributed by atoms with van der Waals surface area (Å²) in [6.45, 7) is 3.86. The van der Waals surface area contributed by atoms with Gasteiger partial charge in [-0.15, -0.1) is 0 Å². The number of nitrogens with zero attached hydrogens (tertiary/aromatic N) is 2. The predicted molar refractivity (Wildman–Crippen MR) is 163 cm³/mol. The number of carbonyl (C=O) groups is 5. The molecule has 2 aliphatic heterocycles. The number of carbonyl (C=O) groups excluding carboxylic acids is 5. The van der Waals surface area contributed by atoms with E-state index in [1.807, 2.05) is 30.3 Å². The first-order valence-corrected chi connectivity index (χ1v) is 14.4. The maximum atomic E-state index is 14.1. The summed E-state index contributed by atoms with van der Waals surface area (Å²) in [6, 6.07) is 17.6. The second kappa shape index (κ2) is 12.8. The third-order valence-corrected chi connectivity index (χ3v) is 7.75. The summed E-state index contributed by atoms with van der Waals surface area (Å²) in [6.07, 6.45) is -0.224. The number of phenolic OH excluding ortho intramolecular Hbond substituents is 1. The second-order valence-electron chi connectivity index (χ2n) is 11.2. The van der Waals surface area contributed by atoms with E-state index < -0.39 is 42.0 Å². The normalized spacial score (nSPS) is 19.4. The Hall–Kier alpha value is -5.23. The lowest BCUT2D eigenvalue weighted by atomic mass is 10.0. The van der Waals surface area contributed by atoms with Gasteiger partial charge in [0.1, 0.15) is 24.9 Å². The van der Waals surface area contributed by atoms with Crippen LogP contribution in [0.2, 0.25) is 0 Å². The van der Waals surface area contributed by atoms with E-state index in [0.29, 0.717) is 22.5 Å². The standard InChI is InChI=1S/C33H34N4O8/c1-20-13-24(14-21(2)30(20)41)31(42)34-25-16-36(22(3)38)26-11-7-8-12-27(26)37(32(25)43)17-28(39)35-33(15-29(40)44-19-33)45-18-23-9-5-4-6-10-23/h4-14,25,41H,15-19H2,1-3H3,(H,34,42)(H,35,39)/t25-,33-/m0/s1. The molecule has 0 aromatic heterocycles. The van der Waals surface area contributed by atoms with Crippen molar-refractivity contribution in [3.8, 4) is 5.75 Å². The van der Waals surface area contributed by atoms with Gasteiger partial charge in [-0.3, -0.25) is 28.9 Å². The van der Waals surface area contributed by atoms with E-state index in [4.69, 9.17) is 9.47 Å². The molecule has 4 amide bonds. The van der Waals surface area contributed by atoms with Crippen LogP contribution >= 0.6 is 0 Å². The fraction of sp³-hybridized carbons (Fsp3) is 0.303. The lowest BCUT2D eigenvalue weighted by Gasteiger charge is -2.30. The monoisotopic (exact) mass is 614 g/mol. The van der Waals surface area contributed by atoms with E-state index in [1.165, 1.54) is 28.9 Å². The molecule has 1 fully saturated rings. The first-order valence-electron chi connectivity index (χ1n) is 14.4. The molecular formula is C33H34N4O8. The van der Waals surface area contributed by atoms with Crippen LogP contribution in [-0.2, 0) is 35.3 Å². The molecule has 0 saturated carbocycles. The van der Waals surface area contributed by atoms with Crippen LogP contribution in [0, 0.1) is 13.8 Å². The van der Waals surface area contributed by atoms with E-state index in [0.717, 1.165) is 5.56 Å². The molecule has 2 atom stereocenters. The van der Waals surface area contributed by atoms with Gasteiger partial charge < -0.3 is 30.1 Å². The third-order valence-electron chi connectivity index (χ3n) is 7.75. The van der Waals surface area contributed by atoms with Crippen molar-refractivity contribution in [3.63, 3.8) is 0 Å². The molecule has 0 aliphatic carbocycles. The number of para-hydroxylation sites is 2. The summed E-state index contributed by atoms with van der Waals surface area (Å²) in [4.78, 5) is 68.5. The number of amides is 4. The Bertz CT molecular complexity index is 1640. The fourth-order valence-electron chi connectivity index (χ4n) is 5.46. The van der Waals surface area contributed by atoms with Gasteiger partial charge in [-0.2, -0.15) is 0 Å². The predicted octanol–water partition coefficient (Wildman–Crippen LogP) is 2.48. The molecule has 1 saturated heterocycles. The number of cyclic esters (lactones) is 1. The van der Waals surface area contributed by atoms with Crippen LogP contribution in [0.25, 0.3) is 0 Å². The molecule has 45 heavy (non-hydrogen) atoms. The molecule has 3 aromatic rings. The number of benzene rings is 3. The number of aromatic hydroxyl groups is 1. The van der Waals surface area contributed by atoms with E-state index in [2.05, 4.69) is 10.6 Å². The van der Waals surface area contributed by atoms with Crippen molar-refractivity contribution >= 4 is 41.0 Å². The second-order valence-corrected chi connectivity index (χ2v) is 11.2. The summed E-state index contributed by atoms with van der Waals surface area (Å²) in [5.41, 5.74) is 1.24. The van der Waals surface area contributed by atoms with E-state index in [9.17, 15) is 29.1 Å². The van der Waals surface area contributed by atoms with E-state index in [1.54, 1.807) is 38.1 Å². The number of fused-ring (bicyclic) bond motifs is 1. The van der Waals surface area contributed by atoms with Gasteiger partial charge in [0.2, 0.25) is 11.8 Å². The number of nitrogens with one attached hydrogen (secondary N) is 2. The topological polar surface area (TPSA) is 155 Å². The molecule has 234 valence electrons. The van der Waals surface area contributed by atoms with Gasteiger partial charge >= 0.3 is 5.97 Å². The number of hydrogen-bond acceptors (Lipinski definition) is 8. The first-order chi connectivity index (χ1) is 21.5. The smallest absolute Gasteiger partial charge is 0.311 e. The number of aryl methyl sites for hydroxylation is 2. The van der Waals surface area contributed by atoms with Gasteiger partial charge in [-0.25, -0.2) is 0 Å². The molecule has 3 aromatic carbocycles. The van der Waals surface area contributed by atoms with E-state index >= 15 is 0 Å². The zero-order valence-electron chi connectivity index (χ0n) is 25.2. The van der Waals surface area contributed by atoms with Crippen LogP contribution in [0.3, 0.4) is 0 Å². The van der Waals surface area contributed by atoms with Gasteiger partial charge in [0, 0.05) is 12.5 Å². The van der Waals surface area contributed by atoms with Gasteiger partial charge in [0.05, 0.1) is 30.9 Å². The largest absolute Gasteiger partial charge is 0.507 e. The highest BCUT2D eigenvalue weighted by molar-refractivity contribution is 6.10. The van der Waals surface area contributed by atoms with Crippen molar-refractivity contribution < 1.29 is 38.6 Å². The van der Waals surface area contributed by atoms with Crippen molar-refractivity contribution in [1.29, 1.82) is 0 Å². The van der Waals surface area contributed by atoms with Gasteiger partial charge in [0.15, 0.2) is 5.72 Å². The van der Waals surface area contributed by atoms with Crippen molar-refractivity contribution in [2.24, 2.45) is 0 Å². The zero-order chi connectivity index (χ0) is 32.3. The number of phenols is 1. The lowest BCUT2D eigenvalue weighted by molar-refractivity contribution is -0.138. The quantitative estimate of drug-likeness (QED) is 0.258. The summed E-state index contributed by atoms with van der Waals surface area (Å²) in [5.74, 6) is -2.71. The van der Waals surface area contributed by atoms with Crippen molar-refractivity contribution in [1.82, 2.24) is 10.6 Å². The Morgan fingerprint density at radius 1 is 1.00 bits per heavy atom. The highest BCUT2D eigenvalue weighted by atomic mass is 16.6. The molecule has 12 nitrogen and oxygen atoms in total. The molecule has 5 rings (SSSR count). The Morgan fingerprint density at radius 3 is 2.27 bits per heavy atom. The molecule has 0 radical (unpaired) electrons. The SMILES string of the molecule is CC(=O)N1C[C@H](NC(=O)c2cc(C)c(O)c(C)c2)C(=O)N(CC(=O)N[C@@]2(OCc3ccccc3)COC(=O)C2)c2ccccc21. The number of hydrogen-bond donors (Lipinski definition) is 3. The van der Waals surface area contributed by atoms with Crippen LogP contribution < -0.4 is 20.4 Å². The van der Waals surface area contributed by atoms with Crippen molar-refractivity contribution in [2.45, 2.75) is 45.6 Å². The number of ether oxygens (including phenoxy) is 2. The molecule has 12 heteroatoms. The van der Waals surface area contributed by atoms with Crippen molar-refractivity contribution in [3.05, 3.63) is 89.0 Å².